The third-order valence-corrected chi connectivity index (χ3v) is 5.19. The van der Waals surface area contributed by atoms with Gasteiger partial charge in [-0.15, -0.1) is 11.3 Å². The van der Waals surface area contributed by atoms with Gasteiger partial charge in [0.15, 0.2) is 5.43 Å². The van der Waals surface area contributed by atoms with E-state index in [1.54, 1.807) is 18.3 Å². The maximum atomic E-state index is 13.5. The van der Waals surface area contributed by atoms with Crippen LogP contribution in [0.5, 0.6) is 0 Å². The molecule has 2 aromatic heterocycles. The zero-order valence-corrected chi connectivity index (χ0v) is 13.1. The van der Waals surface area contributed by atoms with Crippen molar-refractivity contribution in [1.82, 2.24) is 4.98 Å². The molecule has 5 heteroatoms. The monoisotopic (exact) mass is 329 g/mol. The van der Waals surface area contributed by atoms with E-state index in [9.17, 15) is 9.18 Å². The van der Waals surface area contributed by atoms with E-state index in [1.807, 2.05) is 13.0 Å². The van der Waals surface area contributed by atoms with Crippen molar-refractivity contribution in [2.75, 3.05) is 0 Å². The SMILES string of the molecule is Cc1ccc(Cl)c2c1ncc1sc3ccc(F)cc3c(=O)c12. The van der Waals surface area contributed by atoms with E-state index in [1.165, 1.54) is 23.5 Å². The second kappa shape index (κ2) is 4.73. The third-order valence-electron chi connectivity index (χ3n) is 3.77. The summed E-state index contributed by atoms with van der Waals surface area (Å²) >= 11 is 7.73. The zero-order valence-electron chi connectivity index (χ0n) is 11.5. The van der Waals surface area contributed by atoms with E-state index in [0.29, 0.717) is 26.7 Å². The van der Waals surface area contributed by atoms with Crippen molar-refractivity contribution in [3.63, 3.8) is 0 Å². The van der Waals surface area contributed by atoms with E-state index in [-0.39, 0.29) is 5.43 Å². The summed E-state index contributed by atoms with van der Waals surface area (Å²) in [5.41, 5.74) is 1.45. The minimum atomic E-state index is -0.420. The summed E-state index contributed by atoms with van der Waals surface area (Å²) in [7, 11) is 0. The molecule has 0 atom stereocenters. The van der Waals surface area contributed by atoms with Gasteiger partial charge < -0.3 is 0 Å². The molecule has 0 amide bonds. The molecule has 2 nitrogen and oxygen atoms in total. The van der Waals surface area contributed by atoms with E-state index in [2.05, 4.69) is 4.98 Å². The highest BCUT2D eigenvalue weighted by Gasteiger charge is 2.14. The lowest BCUT2D eigenvalue weighted by Crippen LogP contribution is -2.03. The predicted octanol–water partition coefficient (Wildman–Crippen LogP) is 5.06. The first-order valence-corrected chi connectivity index (χ1v) is 7.85. The Morgan fingerprint density at radius 2 is 1.95 bits per heavy atom. The van der Waals surface area contributed by atoms with Crippen LogP contribution in [0.3, 0.4) is 0 Å². The molecule has 2 aromatic carbocycles. The number of hydrogen-bond donors (Lipinski definition) is 0. The van der Waals surface area contributed by atoms with Gasteiger partial charge in [-0.05, 0) is 36.8 Å². The maximum absolute atomic E-state index is 13.5. The van der Waals surface area contributed by atoms with Gasteiger partial charge in [-0.2, -0.15) is 0 Å². The van der Waals surface area contributed by atoms with Crippen molar-refractivity contribution < 1.29 is 4.39 Å². The number of nitrogens with zero attached hydrogens (tertiary/aromatic N) is 1. The Morgan fingerprint density at radius 3 is 2.77 bits per heavy atom. The molecular weight excluding hydrogens is 321 g/mol. The van der Waals surface area contributed by atoms with Crippen molar-refractivity contribution in [2.45, 2.75) is 6.92 Å². The zero-order chi connectivity index (χ0) is 15.4. The van der Waals surface area contributed by atoms with Gasteiger partial charge in [0.2, 0.25) is 0 Å². The lowest BCUT2D eigenvalue weighted by Gasteiger charge is -2.08. The van der Waals surface area contributed by atoms with E-state index < -0.39 is 5.82 Å². The molecule has 0 saturated heterocycles. The van der Waals surface area contributed by atoms with Crippen molar-refractivity contribution in [1.29, 1.82) is 0 Å². The van der Waals surface area contributed by atoms with Crippen LogP contribution in [0.15, 0.2) is 41.3 Å². The number of pyridine rings is 1. The van der Waals surface area contributed by atoms with Gasteiger partial charge in [0.05, 0.1) is 20.6 Å². The van der Waals surface area contributed by atoms with Gasteiger partial charge in [0.25, 0.3) is 0 Å². The first-order chi connectivity index (χ1) is 10.6. The summed E-state index contributed by atoms with van der Waals surface area (Å²) in [4.78, 5) is 17.3. The third kappa shape index (κ3) is 1.84. The second-order valence-corrected chi connectivity index (χ2v) is 6.65. The lowest BCUT2D eigenvalue weighted by atomic mass is 10.1. The molecule has 0 aliphatic carbocycles. The van der Waals surface area contributed by atoms with E-state index in [0.717, 1.165) is 15.0 Å². The molecule has 0 unspecified atom stereocenters. The molecule has 0 aliphatic rings. The van der Waals surface area contributed by atoms with Crippen LogP contribution in [0.2, 0.25) is 5.02 Å². The van der Waals surface area contributed by atoms with Crippen LogP contribution < -0.4 is 5.43 Å². The summed E-state index contributed by atoms with van der Waals surface area (Å²) < 4.78 is 15.0. The minimum absolute atomic E-state index is 0.205. The fourth-order valence-electron chi connectivity index (χ4n) is 2.71. The molecule has 0 N–H and O–H groups in total. The lowest BCUT2D eigenvalue weighted by molar-refractivity contribution is 0.630. The second-order valence-electron chi connectivity index (χ2n) is 5.16. The number of halogens is 2. The van der Waals surface area contributed by atoms with Gasteiger partial charge in [-0.25, -0.2) is 4.39 Å². The predicted molar refractivity (Wildman–Crippen MR) is 90.6 cm³/mol. The molecule has 22 heavy (non-hydrogen) atoms. The molecule has 0 aliphatic heterocycles. The Hall–Kier alpha value is -2.04. The standard InChI is InChI=1S/C17H9ClFNOS/c1-8-2-4-11(18)14-15-13(7-20-16(8)14)22-12-5-3-9(19)6-10(12)17(15)21/h2-7H,1H3. The fraction of sp³-hybridized carbons (Fsp3) is 0.0588. The molecule has 108 valence electrons. The van der Waals surface area contributed by atoms with Gasteiger partial charge in [-0.1, -0.05) is 17.7 Å². The Kier molecular flexibility index (Phi) is 2.93. The fourth-order valence-corrected chi connectivity index (χ4v) is 3.99. The van der Waals surface area contributed by atoms with Crippen LogP contribution >= 0.6 is 22.9 Å². The number of benzene rings is 2. The number of rotatable bonds is 0. The Morgan fingerprint density at radius 1 is 1.14 bits per heavy atom. The van der Waals surface area contributed by atoms with Gasteiger partial charge in [-0.3, -0.25) is 9.78 Å². The highest BCUT2D eigenvalue weighted by Crippen LogP contribution is 2.33. The Labute approximate surface area is 133 Å². The first kappa shape index (κ1) is 13.6. The molecular formula is C17H9ClFNOS. The van der Waals surface area contributed by atoms with Gasteiger partial charge in [0.1, 0.15) is 5.82 Å². The van der Waals surface area contributed by atoms with Crippen molar-refractivity contribution in [3.8, 4) is 0 Å². The molecule has 4 rings (SSSR count). The van der Waals surface area contributed by atoms with Crippen molar-refractivity contribution in [2.24, 2.45) is 0 Å². The number of aryl methyl sites for hydroxylation is 1. The quantitative estimate of drug-likeness (QED) is 0.333. The number of hydrogen-bond acceptors (Lipinski definition) is 3. The van der Waals surface area contributed by atoms with Crippen LogP contribution in [0.25, 0.3) is 31.1 Å². The topological polar surface area (TPSA) is 30.0 Å². The summed E-state index contributed by atoms with van der Waals surface area (Å²) in [5.74, 6) is -0.420. The smallest absolute Gasteiger partial charge is 0.196 e. The molecule has 0 bridgehead atoms. The number of aromatic nitrogens is 1. The summed E-state index contributed by atoms with van der Waals surface area (Å²) in [6.07, 6.45) is 1.69. The molecule has 2 heterocycles. The van der Waals surface area contributed by atoms with Crippen molar-refractivity contribution in [3.05, 3.63) is 63.2 Å². The van der Waals surface area contributed by atoms with Crippen LogP contribution in [0.1, 0.15) is 5.56 Å². The van der Waals surface area contributed by atoms with Crippen LogP contribution in [-0.4, -0.2) is 4.98 Å². The highest BCUT2D eigenvalue weighted by atomic mass is 35.5. The summed E-state index contributed by atoms with van der Waals surface area (Å²) in [5, 5.41) is 2.02. The average molecular weight is 330 g/mol. The first-order valence-electron chi connectivity index (χ1n) is 6.66. The molecule has 0 radical (unpaired) electrons. The molecule has 0 fully saturated rings. The number of fused-ring (bicyclic) bond motifs is 4. The normalized spacial score (nSPS) is 11.6. The average Bonchev–Trinajstić information content (AvgIpc) is 2.51. The van der Waals surface area contributed by atoms with E-state index in [4.69, 9.17) is 11.6 Å². The Balaban J connectivity index is 2.36. The van der Waals surface area contributed by atoms with Crippen LogP contribution in [0.4, 0.5) is 4.39 Å². The molecule has 0 spiro atoms. The Bertz CT molecular complexity index is 1140. The molecule has 4 aromatic rings. The van der Waals surface area contributed by atoms with Gasteiger partial charge >= 0.3 is 0 Å². The largest absolute Gasteiger partial charge is 0.288 e. The molecule has 0 saturated carbocycles. The van der Waals surface area contributed by atoms with Crippen molar-refractivity contribution >= 4 is 54.0 Å². The van der Waals surface area contributed by atoms with Crippen LogP contribution in [-0.2, 0) is 0 Å². The van der Waals surface area contributed by atoms with Gasteiger partial charge in [0, 0.05) is 21.7 Å². The maximum Gasteiger partial charge on any atom is 0.196 e. The highest BCUT2D eigenvalue weighted by molar-refractivity contribution is 7.24. The summed E-state index contributed by atoms with van der Waals surface area (Å²) in [6, 6.07) is 7.90. The summed E-state index contributed by atoms with van der Waals surface area (Å²) in [6.45, 7) is 1.92. The minimum Gasteiger partial charge on any atom is -0.288 e. The van der Waals surface area contributed by atoms with E-state index >= 15 is 0 Å². The van der Waals surface area contributed by atoms with Crippen LogP contribution in [0, 0.1) is 12.7 Å².